The van der Waals surface area contributed by atoms with Gasteiger partial charge in [-0.05, 0) is 30.7 Å². The molecule has 1 aliphatic rings. The zero-order chi connectivity index (χ0) is 12.1. The summed E-state index contributed by atoms with van der Waals surface area (Å²) >= 11 is 5.52. The largest absolute Gasteiger partial charge is 0.488 e. The third-order valence-corrected chi connectivity index (χ3v) is 2.79. The van der Waals surface area contributed by atoms with Gasteiger partial charge in [-0.1, -0.05) is 11.8 Å². The van der Waals surface area contributed by atoms with Crippen LogP contribution in [-0.4, -0.2) is 25.2 Å². The molecule has 0 amide bonds. The Morgan fingerprint density at radius 2 is 2.41 bits per heavy atom. The summed E-state index contributed by atoms with van der Waals surface area (Å²) in [6.07, 6.45) is 1.15. The van der Waals surface area contributed by atoms with Gasteiger partial charge < -0.3 is 9.47 Å². The zero-order valence-electron chi connectivity index (χ0n) is 9.83. The van der Waals surface area contributed by atoms with Crippen molar-refractivity contribution in [3.8, 4) is 17.6 Å². The van der Waals surface area contributed by atoms with Gasteiger partial charge in [0.1, 0.15) is 11.9 Å². The van der Waals surface area contributed by atoms with Crippen LogP contribution in [0, 0.1) is 18.8 Å². The summed E-state index contributed by atoms with van der Waals surface area (Å²) in [5.74, 6) is 7.10. The Kier molecular flexibility index (Phi) is 4.30. The van der Waals surface area contributed by atoms with Gasteiger partial charge >= 0.3 is 0 Å². The van der Waals surface area contributed by atoms with Crippen LogP contribution in [0.3, 0.4) is 0 Å². The number of aryl methyl sites for hydroxylation is 1. The summed E-state index contributed by atoms with van der Waals surface area (Å²) in [5.41, 5.74) is 2.07. The maximum atomic E-state index is 5.87. The predicted octanol–water partition coefficient (Wildman–Crippen LogP) is 2.75. The number of hydrogen-bond donors (Lipinski definition) is 0. The predicted molar refractivity (Wildman–Crippen MR) is 68.6 cm³/mol. The van der Waals surface area contributed by atoms with Crippen molar-refractivity contribution in [2.75, 3.05) is 19.1 Å². The van der Waals surface area contributed by atoms with E-state index in [1.54, 1.807) is 0 Å². The first-order chi connectivity index (χ1) is 8.29. The molecule has 0 saturated carbocycles. The van der Waals surface area contributed by atoms with Crippen molar-refractivity contribution >= 4 is 11.6 Å². The molecule has 0 bridgehead atoms. The fraction of sp³-hybridized carbons (Fsp3) is 0.429. The summed E-state index contributed by atoms with van der Waals surface area (Å²) in [5, 5.41) is 0. The van der Waals surface area contributed by atoms with Crippen molar-refractivity contribution in [3.05, 3.63) is 29.3 Å². The van der Waals surface area contributed by atoms with Crippen LogP contribution >= 0.6 is 11.6 Å². The summed E-state index contributed by atoms with van der Waals surface area (Å²) < 4.78 is 11.2. The van der Waals surface area contributed by atoms with Gasteiger partial charge in [-0.3, -0.25) is 0 Å². The Hall–Kier alpha value is -1.17. The smallest absolute Gasteiger partial charge is 0.124 e. The van der Waals surface area contributed by atoms with E-state index in [4.69, 9.17) is 21.1 Å². The standard InChI is InChI=1S/C14H15ClO2/c1-11-9-12(3-2-7-15)4-5-14(11)17-13-6-8-16-10-13/h4-5,9,13H,6-8,10H2,1H3. The van der Waals surface area contributed by atoms with Crippen molar-refractivity contribution in [1.82, 2.24) is 0 Å². The van der Waals surface area contributed by atoms with Gasteiger partial charge in [0.15, 0.2) is 0 Å². The van der Waals surface area contributed by atoms with Crippen LogP contribution in [0.4, 0.5) is 0 Å². The minimum atomic E-state index is 0.188. The van der Waals surface area contributed by atoms with E-state index in [9.17, 15) is 0 Å². The second kappa shape index (κ2) is 5.95. The number of rotatable bonds is 2. The van der Waals surface area contributed by atoms with Gasteiger partial charge in [0.25, 0.3) is 0 Å². The molecular weight excluding hydrogens is 236 g/mol. The molecule has 17 heavy (non-hydrogen) atoms. The third-order valence-electron chi connectivity index (χ3n) is 2.66. The van der Waals surface area contributed by atoms with E-state index in [2.05, 4.69) is 11.8 Å². The van der Waals surface area contributed by atoms with E-state index in [1.165, 1.54) is 0 Å². The highest BCUT2D eigenvalue weighted by atomic mass is 35.5. The van der Waals surface area contributed by atoms with E-state index < -0.39 is 0 Å². The van der Waals surface area contributed by atoms with E-state index in [0.717, 1.165) is 29.9 Å². The molecule has 0 aliphatic carbocycles. The molecule has 1 heterocycles. The number of benzene rings is 1. The van der Waals surface area contributed by atoms with Gasteiger partial charge in [0, 0.05) is 12.0 Å². The van der Waals surface area contributed by atoms with Gasteiger partial charge in [-0.25, -0.2) is 0 Å². The Balaban J connectivity index is 2.08. The number of ether oxygens (including phenoxy) is 2. The lowest BCUT2D eigenvalue weighted by Gasteiger charge is -2.14. The first-order valence-electron chi connectivity index (χ1n) is 5.69. The Labute approximate surface area is 107 Å². The molecular formula is C14H15ClO2. The minimum absolute atomic E-state index is 0.188. The first-order valence-corrected chi connectivity index (χ1v) is 6.23. The zero-order valence-corrected chi connectivity index (χ0v) is 10.6. The monoisotopic (exact) mass is 250 g/mol. The molecule has 90 valence electrons. The third kappa shape index (κ3) is 3.39. The second-order valence-electron chi connectivity index (χ2n) is 4.02. The molecule has 1 atom stereocenters. The maximum Gasteiger partial charge on any atom is 0.124 e. The van der Waals surface area contributed by atoms with E-state index in [-0.39, 0.29) is 6.10 Å². The first kappa shape index (κ1) is 12.3. The summed E-state index contributed by atoms with van der Waals surface area (Å²) in [7, 11) is 0. The molecule has 0 spiro atoms. The topological polar surface area (TPSA) is 18.5 Å². The average molecular weight is 251 g/mol. The molecule has 0 N–H and O–H groups in total. The molecule has 1 unspecified atom stereocenters. The molecule has 0 radical (unpaired) electrons. The lowest BCUT2D eigenvalue weighted by atomic mass is 10.1. The molecule has 1 saturated heterocycles. The van der Waals surface area contributed by atoms with E-state index >= 15 is 0 Å². The highest BCUT2D eigenvalue weighted by molar-refractivity contribution is 6.19. The highest BCUT2D eigenvalue weighted by Gasteiger charge is 2.17. The Morgan fingerprint density at radius 1 is 1.53 bits per heavy atom. The maximum absolute atomic E-state index is 5.87. The second-order valence-corrected chi connectivity index (χ2v) is 4.29. The van der Waals surface area contributed by atoms with Crippen LogP contribution in [0.2, 0.25) is 0 Å². The fourth-order valence-corrected chi connectivity index (χ4v) is 1.85. The Morgan fingerprint density at radius 3 is 3.06 bits per heavy atom. The number of hydrogen-bond acceptors (Lipinski definition) is 2. The van der Waals surface area contributed by atoms with Crippen LogP contribution in [0.15, 0.2) is 18.2 Å². The van der Waals surface area contributed by atoms with Crippen LogP contribution in [-0.2, 0) is 4.74 Å². The van der Waals surface area contributed by atoms with E-state index in [1.807, 2.05) is 25.1 Å². The fourth-order valence-electron chi connectivity index (χ4n) is 1.78. The highest BCUT2D eigenvalue weighted by Crippen LogP contribution is 2.22. The average Bonchev–Trinajstić information content (AvgIpc) is 2.82. The lowest BCUT2D eigenvalue weighted by Crippen LogP contribution is -2.16. The van der Waals surface area contributed by atoms with Gasteiger partial charge in [-0.15, -0.1) is 11.6 Å². The Bertz CT molecular complexity index is 439. The van der Waals surface area contributed by atoms with E-state index in [0.29, 0.717) is 12.5 Å². The molecule has 3 heteroatoms. The van der Waals surface area contributed by atoms with Crippen molar-refractivity contribution in [1.29, 1.82) is 0 Å². The van der Waals surface area contributed by atoms with Crippen LogP contribution < -0.4 is 4.74 Å². The number of halogens is 1. The van der Waals surface area contributed by atoms with Crippen LogP contribution in [0.25, 0.3) is 0 Å². The molecule has 1 aromatic rings. The SMILES string of the molecule is Cc1cc(C#CCCl)ccc1OC1CCOC1. The summed E-state index contributed by atoms with van der Waals surface area (Å²) in [6, 6.07) is 5.94. The molecule has 1 aromatic carbocycles. The lowest BCUT2D eigenvalue weighted by molar-refractivity contribution is 0.141. The van der Waals surface area contributed by atoms with Crippen molar-refractivity contribution in [3.63, 3.8) is 0 Å². The quantitative estimate of drug-likeness (QED) is 0.594. The molecule has 1 aliphatic heterocycles. The normalized spacial score (nSPS) is 18.6. The molecule has 0 aromatic heterocycles. The number of alkyl halides is 1. The van der Waals surface area contributed by atoms with Crippen molar-refractivity contribution in [2.45, 2.75) is 19.4 Å². The van der Waals surface area contributed by atoms with Gasteiger partial charge in [0.2, 0.25) is 0 Å². The van der Waals surface area contributed by atoms with Gasteiger partial charge in [-0.2, -0.15) is 0 Å². The minimum Gasteiger partial charge on any atom is -0.488 e. The van der Waals surface area contributed by atoms with Gasteiger partial charge in [0.05, 0.1) is 19.1 Å². The van der Waals surface area contributed by atoms with Crippen molar-refractivity contribution < 1.29 is 9.47 Å². The van der Waals surface area contributed by atoms with Crippen LogP contribution in [0.5, 0.6) is 5.75 Å². The van der Waals surface area contributed by atoms with Crippen LogP contribution in [0.1, 0.15) is 17.5 Å². The summed E-state index contributed by atoms with van der Waals surface area (Å²) in [4.78, 5) is 0. The molecule has 2 nitrogen and oxygen atoms in total. The molecule has 1 fully saturated rings. The van der Waals surface area contributed by atoms with Crippen molar-refractivity contribution in [2.24, 2.45) is 0 Å². The molecule has 2 rings (SSSR count). The summed E-state index contributed by atoms with van der Waals surface area (Å²) in [6.45, 7) is 3.51.